The Morgan fingerprint density at radius 1 is 0.792 bits per heavy atom. The summed E-state index contributed by atoms with van der Waals surface area (Å²) in [6.07, 6.45) is 3.66. The molecule has 0 atom stereocenters. The second kappa shape index (κ2) is 13.0. The summed E-state index contributed by atoms with van der Waals surface area (Å²) in [7, 11) is -5.48. The normalized spacial score (nSPS) is 12.7. The van der Waals surface area contributed by atoms with Gasteiger partial charge in [-0.15, -0.1) is 0 Å². The Balaban J connectivity index is 0. The quantitative estimate of drug-likeness (QED) is 0.282. The number of halogens is 2. The molecule has 0 rings (SSSR count). The van der Waals surface area contributed by atoms with Crippen LogP contribution in [-0.2, 0) is 10.1 Å². The van der Waals surface area contributed by atoms with Gasteiger partial charge in [-0.25, -0.2) is 8.42 Å². The maximum absolute atomic E-state index is 12.6. The summed E-state index contributed by atoms with van der Waals surface area (Å²) < 4.78 is 56.8. The van der Waals surface area contributed by atoms with Crippen LogP contribution in [0.15, 0.2) is 0 Å². The average Bonchev–Trinajstić information content (AvgIpc) is 2.53. The van der Waals surface area contributed by atoms with E-state index in [1.807, 2.05) is 6.92 Å². The van der Waals surface area contributed by atoms with Crippen molar-refractivity contribution in [1.82, 2.24) is 0 Å². The van der Waals surface area contributed by atoms with Crippen molar-refractivity contribution in [2.24, 2.45) is 0 Å². The number of unbranched alkanes of at least 4 members (excludes halogenated alkanes) is 5. The monoisotopic (exact) mass is 373 g/mol. The highest BCUT2D eigenvalue weighted by Gasteiger charge is 2.36. The highest BCUT2D eigenvalue weighted by atomic mass is 32.2. The Kier molecular flexibility index (Phi) is 14.1. The third-order valence-corrected chi connectivity index (χ3v) is 5.81. The lowest BCUT2D eigenvalue weighted by molar-refractivity contribution is -0.921. The molecule has 0 bridgehead atoms. The molecule has 0 aromatic heterocycles. The lowest BCUT2D eigenvalue weighted by Crippen LogP contribution is -2.47. The third-order valence-electron chi connectivity index (χ3n) is 4.87. The molecule has 0 heterocycles. The van der Waals surface area contributed by atoms with E-state index in [2.05, 4.69) is 27.7 Å². The summed E-state index contributed by atoms with van der Waals surface area (Å²) in [6.45, 7) is 16.3. The molecule has 0 aliphatic carbocycles. The van der Waals surface area contributed by atoms with E-state index in [-0.39, 0.29) is 6.42 Å². The van der Waals surface area contributed by atoms with E-state index < -0.39 is 21.8 Å². The lowest BCUT2D eigenvalue weighted by atomic mass is 10.1. The predicted molar refractivity (Wildman–Crippen MR) is 95.1 cm³/mol. The molecule has 7 heteroatoms. The summed E-state index contributed by atoms with van der Waals surface area (Å²) >= 11 is 0. The van der Waals surface area contributed by atoms with Crippen LogP contribution in [0.4, 0.5) is 8.78 Å². The highest BCUT2D eigenvalue weighted by Crippen LogP contribution is 2.27. The number of quaternary nitrogens is 1. The molecule has 0 saturated carbocycles. The topological polar surface area (TPSA) is 57.2 Å². The SMILES string of the molecule is CCCCCCCCC(F)(F)S(=O)(=O)[O-].CC[N+](CC)(CC)CC. The van der Waals surface area contributed by atoms with E-state index in [0.29, 0.717) is 6.42 Å². The summed E-state index contributed by atoms with van der Waals surface area (Å²) in [4.78, 5) is 0. The smallest absolute Gasteiger partial charge is 0.334 e. The lowest BCUT2D eigenvalue weighted by Gasteiger charge is -2.34. The first-order valence-corrected chi connectivity index (χ1v) is 10.6. The summed E-state index contributed by atoms with van der Waals surface area (Å²) in [6, 6.07) is 0. The van der Waals surface area contributed by atoms with Crippen molar-refractivity contribution in [1.29, 1.82) is 0 Å². The molecule has 0 aliphatic rings. The van der Waals surface area contributed by atoms with Crippen molar-refractivity contribution >= 4 is 10.1 Å². The van der Waals surface area contributed by atoms with E-state index in [1.165, 1.54) is 30.7 Å². The first-order valence-electron chi connectivity index (χ1n) is 9.24. The molecule has 0 aromatic carbocycles. The Morgan fingerprint density at radius 2 is 1.17 bits per heavy atom. The Morgan fingerprint density at radius 3 is 1.46 bits per heavy atom. The second-order valence-corrected chi connectivity index (χ2v) is 7.72. The molecule has 148 valence electrons. The molecule has 0 unspecified atom stereocenters. The molecule has 0 saturated heterocycles. The van der Waals surface area contributed by atoms with Crippen molar-refractivity contribution in [3.8, 4) is 0 Å². The van der Waals surface area contributed by atoms with E-state index >= 15 is 0 Å². The van der Waals surface area contributed by atoms with E-state index in [4.69, 9.17) is 0 Å². The first-order chi connectivity index (χ1) is 11.1. The summed E-state index contributed by atoms with van der Waals surface area (Å²) in [5.41, 5.74) is 0. The van der Waals surface area contributed by atoms with Crippen molar-refractivity contribution in [3.63, 3.8) is 0 Å². The van der Waals surface area contributed by atoms with Crippen LogP contribution in [0.2, 0.25) is 0 Å². The number of rotatable bonds is 12. The van der Waals surface area contributed by atoms with Gasteiger partial charge in [0.15, 0.2) is 10.1 Å². The molecule has 0 fully saturated rings. The van der Waals surface area contributed by atoms with Gasteiger partial charge in [-0.1, -0.05) is 39.0 Å². The van der Waals surface area contributed by atoms with Gasteiger partial charge in [-0.3, -0.25) is 0 Å². The van der Waals surface area contributed by atoms with Crippen LogP contribution >= 0.6 is 0 Å². The van der Waals surface area contributed by atoms with Gasteiger partial charge >= 0.3 is 5.25 Å². The number of hydrogen-bond donors (Lipinski definition) is 0. The average molecular weight is 374 g/mol. The predicted octanol–water partition coefficient (Wildman–Crippen LogP) is 4.76. The van der Waals surface area contributed by atoms with Gasteiger partial charge in [-0.2, -0.15) is 8.78 Å². The highest BCUT2D eigenvalue weighted by molar-refractivity contribution is 7.86. The van der Waals surface area contributed by atoms with E-state index in [1.54, 1.807) is 0 Å². The molecule has 0 spiro atoms. The fraction of sp³-hybridized carbons (Fsp3) is 1.00. The maximum Gasteiger partial charge on any atom is 0.334 e. The molecule has 0 aliphatic heterocycles. The van der Waals surface area contributed by atoms with Crippen LogP contribution in [-0.4, -0.2) is 48.9 Å². The molecule has 0 aromatic rings. The van der Waals surface area contributed by atoms with Gasteiger partial charge in [0.1, 0.15) is 0 Å². The zero-order chi connectivity index (χ0) is 19.3. The van der Waals surface area contributed by atoms with E-state index in [0.717, 1.165) is 25.7 Å². The molecule has 0 amide bonds. The second-order valence-electron chi connectivity index (χ2n) is 6.22. The van der Waals surface area contributed by atoms with E-state index in [9.17, 15) is 21.8 Å². The standard InChI is InChI=1S/C9H18F2O3S.C8H20N/c1-2-3-4-5-6-7-8-9(10,11)15(12,13)14;1-5-9(6-2,7-3)8-4/h2-8H2,1H3,(H,12,13,14);5-8H2,1-4H3/q;+1/p-1. The molecule has 0 radical (unpaired) electrons. The van der Waals surface area contributed by atoms with Crippen LogP contribution in [0.25, 0.3) is 0 Å². The van der Waals surface area contributed by atoms with Crippen molar-refractivity contribution in [2.45, 2.75) is 84.8 Å². The van der Waals surface area contributed by atoms with Gasteiger partial charge in [0.2, 0.25) is 0 Å². The Labute approximate surface area is 148 Å². The number of hydrogen-bond acceptors (Lipinski definition) is 3. The maximum atomic E-state index is 12.6. The zero-order valence-electron chi connectivity index (χ0n) is 16.1. The minimum Gasteiger partial charge on any atom is -0.743 e. The van der Waals surface area contributed by atoms with Crippen molar-refractivity contribution < 1.29 is 26.2 Å². The number of nitrogens with zero attached hydrogens (tertiary/aromatic N) is 1. The van der Waals surface area contributed by atoms with Crippen molar-refractivity contribution in [2.75, 3.05) is 26.2 Å². The van der Waals surface area contributed by atoms with Gasteiger partial charge in [0.05, 0.1) is 26.2 Å². The Bertz CT molecular complexity index is 379. The van der Waals surface area contributed by atoms with Crippen LogP contribution in [0.3, 0.4) is 0 Å². The molecule has 24 heavy (non-hydrogen) atoms. The van der Waals surface area contributed by atoms with Crippen LogP contribution < -0.4 is 0 Å². The zero-order valence-corrected chi connectivity index (χ0v) is 16.9. The van der Waals surface area contributed by atoms with Crippen molar-refractivity contribution in [3.05, 3.63) is 0 Å². The third kappa shape index (κ3) is 10.6. The molecule has 4 nitrogen and oxygen atoms in total. The van der Waals surface area contributed by atoms with Gasteiger partial charge < -0.3 is 9.04 Å². The summed E-state index contributed by atoms with van der Waals surface area (Å²) in [5, 5.41) is -4.10. The van der Waals surface area contributed by atoms with Gasteiger partial charge in [0, 0.05) is 6.42 Å². The molecular formula is C17H37F2NO3S. The molecular weight excluding hydrogens is 336 g/mol. The van der Waals surface area contributed by atoms with Crippen LogP contribution in [0.1, 0.15) is 79.6 Å². The largest absolute Gasteiger partial charge is 0.743 e. The fourth-order valence-electron chi connectivity index (χ4n) is 2.58. The minimum absolute atomic E-state index is 0.0815. The number of alkyl halides is 2. The van der Waals surface area contributed by atoms with Crippen LogP contribution in [0.5, 0.6) is 0 Å². The Hall–Kier alpha value is -0.270. The fourth-order valence-corrected chi connectivity index (χ4v) is 2.97. The van der Waals surface area contributed by atoms with Gasteiger partial charge in [0.25, 0.3) is 0 Å². The summed E-state index contributed by atoms with van der Waals surface area (Å²) in [5.74, 6) is 0. The van der Waals surface area contributed by atoms with Crippen LogP contribution in [0, 0.1) is 0 Å². The minimum atomic E-state index is -5.48. The molecule has 0 N–H and O–H groups in total. The van der Waals surface area contributed by atoms with Gasteiger partial charge in [-0.05, 0) is 34.1 Å². The first kappa shape index (κ1) is 26.0.